The largest absolute Gasteiger partial charge is 0.497 e. The molecule has 1 N–H and O–H groups in total. The summed E-state index contributed by atoms with van der Waals surface area (Å²) in [6.07, 6.45) is 0.494. The molecule has 0 unspecified atom stereocenters. The van der Waals surface area contributed by atoms with Gasteiger partial charge >= 0.3 is 0 Å². The highest BCUT2D eigenvalue weighted by Crippen LogP contribution is 2.46. The molecular weight excluding hydrogens is 479 g/mol. The quantitative estimate of drug-likeness (QED) is 0.462. The molecule has 1 heterocycles. The number of carbonyl (C=O) groups excluding carboxylic acids is 2. The van der Waals surface area contributed by atoms with Crippen LogP contribution < -0.4 is 29.2 Å². The second kappa shape index (κ2) is 11.2. The number of nitrogens with zero attached hydrogens (tertiary/aromatic N) is 1. The molecule has 194 valence electrons. The molecule has 37 heavy (non-hydrogen) atoms. The molecule has 8 nitrogen and oxygen atoms in total. The lowest BCUT2D eigenvalue weighted by Crippen LogP contribution is -2.47. The van der Waals surface area contributed by atoms with Gasteiger partial charge in [-0.2, -0.15) is 0 Å². The van der Waals surface area contributed by atoms with Gasteiger partial charge in [0.2, 0.25) is 17.6 Å². The van der Waals surface area contributed by atoms with E-state index in [9.17, 15) is 14.0 Å². The van der Waals surface area contributed by atoms with Crippen molar-refractivity contribution in [1.82, 2.24) is 0 Å². The summed E-state index contributed by atoms with van der Waals surface area (Å²) in [6, 6.07) is 15.6. The summed E-state index contributed by atoms with van der Waals surface area (Å²) < 4.78 is 35.1. The van der Waals surface area contributed by atoms with E-state index in [0.717, 1.165) is 5.56 Å². The predicted molar refractivity (Wildman–Crippen MR) is 137 cm³/mol. The Balaban J connectivity index is 1.81. The number of rotatable bonds is 8. The molecule has 2 amide bonds. The van der Waals surface area contributed by atoms with Crippen LogP contribution >= 0.6 is 0 Å². The second-order valence-corrected chi connectivity index (χ2v) is 8.51. The molecule has 2 atom stereocenters. The van der Waals surface area contributed by atoms with Crippen molar-refractivity contribution in [1.29, 1.82) is 0 Å². The normalized spacial score (nSPS) is 17.2. The summed E-state index contributed by atoms with van der Waals surface area (Å²) in [7, 11) is 6.07. The zero-order chi connectivity index (χ0) is 26.5. The van der Waals surface area contributed by atoms with E-state index < -0.39 is 17.8 Å². The Hall–Kier alpha value is -4.27. The van der Waals surface area contributed by atoms with Crippen LogP contribution in [0.15, 0.2) is 60.7 Å². The van der Waals surface area contributed by atoms with Crippen molar-refractivity contribution in [3.8, 4) is 23.0 Å². The fourth-order valence-corrected chi connectivity index (χ4v) is 4.63. The van der Waals surface area contributed by atoms with Gasteiger partial charge in [0.25, 0.3) is 0 Å². The molecule has 1 aliphatic heterocycles. The number of benzene rings is 3. The molecule has 4 rings (SSSR count). The van der Waals surface area contributed by atoms with E-state index in [1.54, 1.807) is 36.3 Å². The first-order chi connectivity index (χ1) is 17.9. The Bertz CT molecular complexity index is 1240. The van der Waals surface area contributed by atoms with E-state index in [1.807, 2.05) is 12.1 Å². The standard InChI is InChI=1S/C28H29FN2O6/c1-34-21-11-5-17(6-12-21)26-22(28(33)30-19-9-7-18(29)8-10-19)13-14-25(32)31(26)20-15-23(35-2)27(37-4)24(16-20)36-3/h5-12,15-16,22,26H,13-14H2,1-4H3,(H,30,33)/t22-,26-/m1/s1. The third-order valence-electron chi connectivity index (χ3n) is 6.43. The lowest BCUT2D eigenvalue weighted by Gasteiger charge is -2.41. The van der Waals surface area contributed by atoms with E-state index in [0.29, 0.717) is 40.8 Å². The highest BCUT2D eigenvalue weighted by atomic mass is 19.1. The number of anilines is 2. The minimum Gasteiger partial charge on any atom is -0.497 e. The topological polar surface area (TPSA) is 86.3 Å². The highest BCUT2D eigenvalue weighted by molar-refractivity contribution is 6.00. The molecule has 0 radical (unpaired) electrons. The van der Waals surface area contributed by atoms with Crippen molar-refractivity contribution < 1.29 is 32.9 Å². The Morgan fingerprint density at radius 2 is 1.51 bits per heavy atom. The molecule has 0 spiro atoms. The van der Waals surface area contributed by atoms with Crippen LogP contribution in [-0.2, 0) is 9.59 Å². The van der Waals surface area contributed by atoms with Crippen molar-refractivity contribution in [3.05, 3.63) is 72.0 Å². The number of amides is 2. The molecule has 1 aliphatic rings. The second-order valence-electron chi connectivity index (χ2n) is 8.51. The van der Waals surface area contributed by atoms with Crippen LogP contribution in [0.3, 0.4) is 0 Å². The summed E-state index contributed by atoms with van der Waals surface area (Å²) >= 11 is 0. The fraction of sp³-hybridized carbons (Fsp3) is 0.286. The smallest absolute Gasteiger partial charge is 0.229 e. The molecular formula is C28H29FN2O6. The van der Waals surface area contributed by atoms with E-state index >= 15 is 0 Å². The fourth-order valence-electron chi connectivity index (χ4n) is 4.63. The lowest BCUT2D eigenvalue weighted by atomic mass is 9.83. The van der Waals surface area contributed by atoms with Crippen LogP contribution in [0.1, 0.15) is 24.4 Å². The van der Waals surface area contributed by atoms with Gasteiger partial charge in [0.05, 0.1) is 46.1 Å². The Labute approximate surface area is 214 Å². The molecule has 3 aromatic rings. The summed E-state index contributed by atoms with van der Waals surface area (Å²) in [4.78, 5) is 28.6. The van der Waals surface area contributed by atoms with Gasteiger partial charge in [0.1, 0.15) is 11.6 Å². The number of halogens is 1. The number of hydrogen-bond acceptors (Lipinski definition) is 6. The average Bonchev–Trinajstić information content (AvgIpc) is 2.93. The monoisotopic (exact) mass is 508 g/mol. The van der Waals surface area contributed by atoms with Crippen LogP contribution in [0.4, 0.5) is 15.8 Å². The van der Waals surface area contributed by atoms with Gasteiger partial charge in [-0.05, 0) is 48.4 Å². The Kier molecular flexibility index (Phi) is 7.81. The van der Waals surface area contributed by atoms with Crippen LogP contribution in [0.2, 0.25) is 0 Å². The highest BCUT2D eigenvalue weighted by Gasteiger charge is 2.42. The average molecular weight is 509 g/mol. The van der Waals surface area contributed by atoms with E-state index in [-0.39, 0.29) is 18.2 Å². The molecule has 0 aliphatic carbocycles. The van der Waals surface area contributed by atoms with Gasteiger partial charge in [-0.1, -0.05) is 12.1 Å². The van der Waals surface area contributed by atoms with Crippen LogP contribution in [0.25, 0.3) is 0 Å². The number of carbonyl (C=O) groups is 2. The van der Waals surface area contributed by atoms with Gasteiger partial charge in [0, 0.05) is 24.2 Å². The zero-order valence-electron chi connectivity index (χ0n) is 21.1. The maximum absolute atomic E-state index is 13.6. The number of nitrogens with one attached hydrogen (secondary N) is 1. The van der Waals surface area contributed by atoms with Gasteiger partial charge in [-0.15, -0.1) is 0 Å². The third-order valence-corrected chi connectivity index (χ3v) is 6.43. The number of methoxy groups -OCH3 is 4. The van der Waals surface area contributed by atoms with Crippen molar-refractivity contribution >= 4 is 23.2 Å². The molecule has 1 fully saturated rings. The SMILES string of the molecule is COc1ccc([C@@H]2[C@H](C(=O)Nc3ccc(F)cc3)CCC(=O)N2c2cc(OC)c(OC)c(OC)c2)cc1. The molecule has 3 aromatic carbocycles. The lowest BCUT2D eigenvalue weighted by molar-refractivity contribution is -0.125. The van der Waals surface area contributed by atoms with Crippen molar-refractivity contribution in [2.75, 3.05) is 38.7 Å². The summed E-state index contributed by atoms with van der Waals surface area (Å²) in [5.74, 6) is 0.383. The van der Waals surface area contributed by atoms with Gasteiger partial charge in [0.15, 0.2) is 11.5 Å². The predicted octanol–water partition coefficient (Wildman–Crippen LogP) is 4.98. The van der Waals surface area contributed by atoms with E-state index in [1.165, 1.54) is 45.6 Å². The van der Waals surface area contributed by atoms with E-state index in [4.69, 9.17) is 18.9 Å². The van der Waals surface area contributed by atoms with Gasteiger partial charge in [-0.3, -0.25) is 9.59 Å². The van der Waals surface area contributed by atoms with Crippen molar-refractivity contribution in [2.24, 2.45) is 5.92 Å². The summed E-state index contributed by atoms with van der Waals surface area (Å²) in [5.41, 5.74) is 1.72. The Morgan fingerprint density at radius 1 is 0.892 bits per heavy atom. The molecule has 0 saturated carbocycles. The van der Waals surface area contributed by atoms with Crippen LogP contribution in [-0.4, -0.2) is 40.3 Å². The Morgan fingerprint density at radius 3 is 2.05 bits per heavy atom. The van der Waals surface area contributed by atoms with Crippen molar-refractivity contribution in [2.45, 2.75) is 18.9 Å². The van der Waals surface area contributed by atoms with E-state index in [2.05, 4.69) is 5.32 Å². The summed E-state index contributed by atoms with van der Waals surface area (Å²) in [5, 5.41) is 2.87. The van der Waals surface area contributed by atoms with Gasteiger partial charge < -0.3 is 29.2 Å². The minimum absolute atomic E-state index is 0.152. The van der Waals surface area contributed by atoms with Crippen molar-refractivity contribution in [3.63, 3.8) is 0 Å². The molecule has 0 bridgehead atoms. The maximum Gasteiger partial charge on any atom is 0.229 e. The first-order valence-electron chi connectivity index (χ1n) is 11.7. The third kappa shape index (κ3) is 5.30. The van der Waals surface area contributed by atoms with Crippen LogP contribution in [0, 0.1) is 11.7 Å². The maximum atomic E-state index is 13.6. The minimum atomic E-state index is -0.643. The first-order valence-corrected chi connectivity index (χ1v) is 11.7. The summed E-state index contributed by atoms with van der Waals surface area (Å²) in [6.45, 7) is 0. The van der Waals surface area contributed by atoms with Crippen LogP contribution in [0.5, 0.6) is 23.0 Å². The van der Waals surface area contributed by atoms with Gasteiger partial charge in [-0.25, -0.2) is 4.39 Å². The number of piperidine rings is 1. The number of hydrogen-bond donors (Lipinski definition) is 1. The molecule has 1 saturated heterocycles. The molecule has 0 aromatic heterocycles. The molecule has 9 heteroatoms. The zero-order valence-corrected chi connectivity index (χ0v) is 21.1. The number of ether oxygens (including phenoxy) is 4. The first kappa shape index (κ1) is 25.8.